The summed E-state index contributed by atoms with van der Waals surface area (Å²) >= 11 is 5.70. The van der Waals surface area contributed by atoms with Gasteiger partial charge in [0, 0.05) is 19.0 Å². The van der Waals surface area contributed by atoms with Gasteiger partial charge in [-0.05, 0) is 43.0 Å². The highest BCUT2D eigenvalue weighted by Gasteiger charge is 2.44. The fourth-order valence-electron chi connectivity index (χ4n) is 3.34. The minimum atomic E-state index is -0.560. The topological polar surface area (TPSA) is 53.7 Å². The first-order valence-corrected chi connectivity index (χ1v) is 7.23. The summed E-state index contributed by atoms with van der Waals surface area (Å²) in [7, 11) is 0. The van der Waals surface area contributed by atoms with Gasteiger partial charge in [0.25, 0.3) is 5.91 Å². The quantitative estimate of drug-likeness (QED) is 0.862. The van der Waals surface area contributed by atoms with Gasteiger partial charge >= 0.3 is 0 Å². The largest absolute Gasteiger partial charge is 0.440 e. The Balaban J connectivity index is 1.72. The van der Waals surface area contributed by atoms with Crippen LogP contribution in [-0.4, -0.2) is 34.6 Å². The van der Waals surface area contributed by atoms with Gasteiger partial charge in [0.2, 0.25) is 0 Å². The monoisotopic (exact) mass is 283 g/mol. The number of halogens is 1. The molecule has 0 bridgehead atoms. The van der Waals surface area contributed by atoms with Crippen LogP contribution in [0.15, 0.2) is 16.5 Å². The van der Waals surface area contributed by atoms with Crippen LogP contribution in [0, 0.1) is 5.92 Å². The number of carbonyl (C=O) groups is 1. The fourth-order valence-corrected chi connectivity index (χ4v) is 3.49. The van der Waals surface area contributed by atoms with E-state index in [0.29, 0.717) is 19.5 Å². The van der Waals surface area contributed by atoms with Crippen molar-refractivity contribution in [1.82, 2.24) is 4.90 Å². The molecule has 1 saturated carbocycles. The van der Waals surface area contributed by atoms with Gasteiger partial charge in [-0.15, -0.1) is 0 Å². The average Bonchev–Trinajstić information content (AvgIpc) is 2.83. The Morgan fingerprint density at radius 2 is 2.26 bits per heavy atom. The van der Waals surface area contributed by atoms with Crippen LogP contribution in [0.4, 0.5) is 0 Å². The van der Waals surface area contributed by atoms with Gasteiger partial charge in [-0.2, -0.15) is 0 Å². The Hall–Kier alpha value is -1.00. The summed E-state index contributed by atoms with van der Waals surface area (Å²) in [5.74, 6) is 0.357. The molecule has 0 spiro atoms. The zero-order valence-corrected chi connectivity index (χ0v) is 11.5. The minimum Gasteiger partial charge on any atom is -0.440 e. The molecule has 4 nitrogen and oxygen atoms in total. The number of fused-ring (bicyclic) bond motifs is 1. The summed E-state index contributed by atoms with van der Waals surface area (Å²) in [6.45, 7) is 1.21. The van der Waals surface area contributed by atoms with Gasteiger partial charge in [0.1, 0.15) is 0 Å². The number of carbonyl (C=O) groups excluding carboxylic acids is 1. The molecule has 1 aromatic rings. The van der Waals surface area contributed by atoms with E-state index in [9.17, 15) is 9.90 Å². The van der Waals surface area contributed by atoms with Gasteiger partial charge < -0.3 is 14.4 Å². The molecule has 1 amide bonds. The smallest absolute Gasteiger partial charge is 0.289 e. The zero-order valence-electron chi connectivity index (χ0n) is 10.8. The second-order valence-electron chi connectivity index (χ2n) is 5.65. The highest BCUT2D eigenvalue weighted by molar-refractivity contribution is 6.29. The Kier molecular flexibility index (Phi) is 3.31. The number of piperidine rings is 1. The van der Waals surface area contributed by atoms with Crippen molar-refractivity contribution >= 4 is 17.5 Å². The second-order valence-corrected chi connectivity index (χ2v) is 6.02. The van der Waals surface area contributed by atoms with Crippen LogP contribution in [0.5, 0.6) is 0 Å². The van der Waals surface area contributed by atoms with Gasteiger partial charge in [-0.1, -0.05) is 12.8 Å². The molecule has 1 N–H and O–H groups in total. The summed E-state index contributed by atoms with van der Waals surface area (Å²) < 4.78 is 5.17. The molecule has 2 unspecified atom stereocenters. The highest BCUT2D eigenvalue weighted by atomic mass is 35.5. The zero-order chi connectivity index (χ0) is 13.5. The lowest BCUT2D eigenvalue weighted by molar-refractivity contribution is -0.0889. The summed E-state index contributed by atoms with van der Waals surface area (Å²) in [5.41, 5.74) is -0.560. The minimum absolute atomic E-state index is 0.125. The maximum atomic E-state index is 12.3. The summed E-state index contributed by atoms with van der Waals surface area (Å²) in [6, 6.07) is 3.18. The Morgan fingerprint density at radius 3 is 3.00 bits per heavy atom. The Labute approximate surface area is 117 Å². The van der Waals surface area contributed by atoms with E-state index in [1.54, 1.807) is 17.0 Å². The SMILES string of the molecule is O=C(c1ccc(Cl)o1)N1CCC2(O)CCCCC2C1. The predicted molar refractivity (Wildman–Crippen MR) is 71.1 cm³/mol. The number of hydrogen-bond acceptors (Lipinski definition) is 3. The Morgan fingerprint density at radius 1 is 1.42 bits per heavy atom. The average molecular weight is 284 g/mol. The molecule has 2 atom stereocenters. The van der Waals surface area contributed by atoms with Crippen LogP contribution < -0.4 is 0 Å². The van der Waals surface area contributed by atoms with Gasteiger partial charge in [-0.25, -0.2) is 0 Å². The van der Waals surface area contributed by atoms with Crippen molar-refractivity contribution < 1.29 is 14.3 Å². The maximum absolute atomic E-state index is 12.3. The van der Waals surface area contributed by atoms with E-state index in [2.05, 4.69) is 0 Å². The molecular formula is C14H18ClNO3. The number of rotatable bonds is 1. The van der Waals surface area contributed by atoms with E-state index in [1.165, 1.54) is 0 Å². The number of likely N-dealkylation sites (tertiary alicyclic amines) is 1. The summed E-state index contributed by atoms with van der Waals surface area (Å²) in [6.07, 6.45) is 4.76. The van der Waals surface area contributed by atoms with Crippen molar-refractivity contribution in [1.29, 1.82) is 0 Å². The van der Waals surface area contributed by atoms with Crippen LogP contribution >= 0.6 is 11.6 Å². The highest BCUT2D eigenvalue weighted by Crippen LogP contribution is 2.40. The standard InChI is InChI=1S/C14H18ClNO3/c15-12-5-4-11(19-12)13(17)16-8-7-14(18)6-2-1-3-10(14)9-16/h4-5,10,18H,1-3,6-9H2. The van der Waals surface area contributed by atoms with Crippen molar-refractivity contribution in [2.75, 3.05) is 13.1 Å². The number of nitrogens with zero attached hydrogens (tertiary/aromatic N) is 1. The van der Waals surface area contributed by atoms with Gasteiger partial charge in [-0.3, -0.25) is 4.79 Å². The van der Waals surface area contributed by atoms with E-state index in [0.717, 1.165) is 25.7 Å². The van der Waals surface area contributed by atoms with E-state index in [4.69, 9.17) is 16.0 Å². The molecule has 5 heteroatoms. The molecule has 1 aliphatic heterocycles. The third-order valence-electron chi connectivity index (χ3n) is 4.50. The Bertz CT molecular complexity index is 487. The van der Waals surface area contributed by atoms with Crippen molar-refractivity contribution in [3.05, 3.63) is 23.1 Å². The molecule has 1 saturated heterocycles. The summed E-state index contributed by atoms with van der Waals surface area (Å²) in [4.78, 5) is 14.1. The van der Waals surface area contributed by atoms with Crippen LogP contribution in [0.25, 0.3) is 0 Å². The predicted octanol–water partition coefficient (Wildman–Crippen LogP) is 2.70. The van der Waals surface area contributed by atoms with Crippen molar-refractivity contribution in [2.24, 2.45) is 5.92 Å². The lowest BCUT2D eigenvalue weighted by Crippen LogP contribution is -2.54. The van der Waals surface area contributed by atoms with Crippen LogP contribution in [0.1, 0.15) is 42.7 Å². The van der Waals surface area contributed by atoms with Crippen LogP contribution in [0.3, 0.4) is 0 Å². The fraction of sp³-hybridized carbons (Fsp3) is 0.643. The molecule has 19 heavy (non-hydrogen) atoms. The normalized spacial score (nSPS) is 31.1. The van der Waals surface area contributed by atoms with E-state index in [-0.39, 0.29) is 22.8 Å². The van der Waals surface area contributed by atoms with Gasteiger partial charge in [0.15, 0.2) is 11.0 Å². The van der Waals surface area contributed by atoms with Crippen molar-refractivity contribution in [3.63, 3.8) is 0 Å². The molecule has 1 aromatic heterocycles. The van der Waals surface area contributed by atoms with Crippen LogP contribution in [-0.2, 0) is 0 Å². The number of amides is 1. The molecular weight excluding hydrogens is 266 g/mol. The second kappa shape index (κ2) is 4.84. The molecule has 2 heterocycles. The third kappa shape index (κ3) is 2.39. The first-order valence-electron chi connectivity index (χ1n) is 6.85. The van der Waals surface area contributed by atoms with Crippen molar-refractivity contribution in [3.8, 4) is 0 Å². The third-order valence-corrected chi connectivity index (χ3v) is 4.70. The number of furan rings is 1. The lowest BCUT2D eigenvalue weighted by Gasteiger charge is -2.47. The van der Waals surface area contributed by atoms with Crippen molar-refractivity contribution in [2.45, 2.75) is 37.7 Å². The molecule has 3 rings (SSSR count). The molecule has 104 valence electrons. The van der Waals surface area contributed by atoms with E-state index >= 15 is 0 Å². The molecule has 0 aromatic carbocycles. The van der Waals surface area contributed by atoms with Gasteiger partial charge in [0.05, 0.1) is 5.60 Å². The molecule has 0 radical (unpaired) electrons. The molecule has 1 aliphatic carbocycles. The first kappa shape index (κ1) is 13.0. The molecule has 2 fully saturated rings. The number of hydrogen-bond donors (Lipinski definition) is 1. The van der Waals surface area contributed by atoms with E-state index in [1.807, 2.05) is 0 Å². The lowest BCUT2D eigenvalue weighted by atomic mass is 9.71. The van der Waals surface area contributed by atoms with E-state index < -0.39 is 5.60 Å². The maximum Gasteiger partial charge on any atom is 0.289 e. The first-order chi connectivity index (χ1) is 9.08. The number of aliphatic hydroxyl groups is 1. The molecule has 2 aliphatic rings. The van der Waals surface area contributed by atoms with Crippen LogP contribution in [0.2, 0.25) is 5.22 Å². The summed E-state index contributed by atoms with van der Waals surface area (Å²) in [5, 5.41) is 10.8.